The number of rotatable bonds is 9. The van der Waals surface area contributed by atoms with Crippen LogP contribution in [0.5, 0.6) is 0 Å². The molecule has 1 aromatic heterocycles. The molecule has 2 amide bonds. The van der Waals surface area contributed by atoms with Gasteiger partial charge in [0.2, 0.25) is 5.76 Å². The number of halogens is 1. The summed E-state index contributed by atoms with van der Waals surface area (Å²) < 4.78 is 18.0. The standard InChI is InChI=1S/C22H27FN4O2.C6H8O6/c1-5-27(6-2)10-9-24-22(29)20-13(3)19(25-14(20)4)12-17-16-11-15(23)7-8-18(16)26-21(17)28;7-1-2(8)5-3(9)4(10)6(11)12-5/h7-8,11-12,25H,5-6,9-10H2,1-4H3,(H,24,29)(H,26,28);2,5,7-10H,1H2/b17-12-;/t;2-,5+/m.0/s1. The van der Waals surface area contributed by atoms with Crippen molar-refractivity contribution >= 4 is 35.1 Å². The zero-order chi connectivity index (χ0) is 30.4. The van der Waals surface area contributed by atoms with Crippen molar-refractivity contribution in [2.24, 2.45) is 0 Å². The lowest BCUT2D eigenvalue weighted by atomic mass is 10.0. The van der Waals surface area contributed by atoms with Gasteiger partial charge >= 0.3 is 5.97 Å². The predicted octanol–water partition coefficient (Wildman–Crippen LogP) is 1.93. The van der Waals surface area contributed by atoms with Crippen LogP contribution >= 0.6 is 0 Å². The summed E-state index contributed by atoms with van der Waals surface area (Å²) in [6.07, 6.45) is -1.10. The number of carbonyl (C=O) groups is 3. The molecule has 0 fully saturated rings. The van der Waals surface area contributed by atoms with Crippen LogP contribution in [0.15, 0.2) is 29.7 Å². The van der Waals surface area contributed by atoms with Gasteiger partial charge in [-0.25, -0.2) is 9.18 Å². The van der Waals surface area contributed by atoms with Crippen LogP contribution in [-0.2, 0) is 14.3 Å². The second kappa shape index (κ2) is 13.4. The van der Waals surface area contributed by atoms with E-state index in [9.17, 15) is 18.8 Å². The number of nitrogens with zero attached hydrogens (tertiary/aromatic N) is 1. The number of amides is 2. The number of cyclic esters (lactones) is 1. The molecular weight excluding hydrogens is 539 g/mol. The van der Waals surface area contributed by atoms with E-state index in [-0.39, 0.29) is 11.8 Å². The van der Waals surface area contributed by atoms with Crippen LogP contribution in [0.3, 0.4) is 0 Å². The molecule has 0 unspecified atom stereocenters. The van der Waals surface area contributed by atoms with Crippen LogP contribution in [-0.4, -0.2) is 93.1 Å². The Morgan fingerprint density at radius 2 is 1.90 bits per heavy atom. The topological polar surface area (TPSA) is 184 Å². The lowest BCUT2D eigenvalue weighted by Crippen LogP contribution is -2.35. The van der Waals surface area contributed by atoms with Gasteiger partial charge < -0.3 is 45.7 Å². The quantitative estimate of drug-likeness (QED) is 0.174. The molecule has 0 saturated carbocycles. The Morgan fingerprint density at radius 3 is 2.49 bits per heavy atom. The summed E-state index contributed by atoms with van der Waals surface area (Å²) >= 11 is 0. The molecule has 4 rings (SSSR count). The highest BCUT2D eigenvalue weighted by atomic mass is 19.1. The highest BCUT2D eigenvalue weighted by Gasteiger charge is 2.38. The van der Waals surface area contributed by atoms with Crippen molar-refractivity contribution in [2.75, 3.05) is 38.1 Å². The van der Waals surface area contributed by atoms with Gasteiger partial charge in [0.15, 0.2) is 11.9 Å². The molecule has 7 N–H and O–H groups in total. The van der Waals surface area contributed by atoms with E-state index in [1.54, 1.807) is 12.1 Å². The number of hydrogen-bond acceptors (Lipinski definition) is 9. The summed E-state index contributed by atoms with van der Waals surface area (Å²) in [6.45, 7) is 10.4. The zero-order valence-corrected chi connectivity index (χ0v) is 23.2. The van der Waals surface area contributed by atoms with Gasteiger partial charge in [-0.1, -0.05) is 13.8 Å². The number of hydrogen-bond donors (Lipinski definition) is 7. The molecule has 0 radical (unpaired) electrons. The van der Waals surface area contributed by atoms with Crippen LogP contribution < -0.4 is 10.6 Å². The summed E-state index contributed by atoms with van der Waals surface area (Å²) in [6, 6.07) is 4.20. The summed E-state index contributed by atoms with van der Waals surface area (Å²) in [7, 11) is 0. The molecule has 41 heavy (non-hydrogen) atoms. The lowest BCUT2D eigenvalue weighted by molar-refractivity contribution is -0.147. The van der Waals surface area contributed by atoms with Gasteiger partial charge in [-0.3, -0.25) is 9.59 Å². The first-order valence-corrected chi connectivity index (χ1v) is 13.1. The number of aromatic nitrogens is 1. The minimum atomic E-state index is -1.42. The number of fused-ring (bicyclic) bond motifs is 1. The molecule has 2 aromatic rings. The Kier molecular flexibility index (Phi) is 10.3. The van der Waals surface area contributed by atoms with E-state index in [0.717, 1.165) is 30.9 Å². The average molecular weight is 575 g/mol. The van der Waals surface area contributed by atoms with E-state index >= 15 is 0 Å². The van der Waals surface area contributed by atoms with Gasteiger partial charge in [0.25, 0.3) is 11.8 Å². The van der Waals surface area contributed by atoms with E-state index in [2.05, 4.69) is 39.1 Å². The fourth-order valence-electron chi connectivity index (χ4n) is 4.49. The molecular formula is C28H35FN4O8. The van der Waals surface area contributed by atoms with Gasteiger partial charge in [-0.2, -0.15) is 0 Å². The van der Waals surface area contributed by atoms with E-state index in [1.165, 1.54) is 12.1 Å². The number of aryl methyl sites for hydroxylation is 1. The lowest BCUT2D eigenvalue weighted by Gasteiger charge is -2.18. The molecule has 0 aliphatic carbocycles. The zero-order valence-electron chi connectivity index (χ0n) is 23.2. The number of benzene rings is 1. The van der Waals surface area contributed by atoms with E-state index < -0.39 is 42.1 Å². The van der Waals surface area contributed by atoms with Crippen molar-refractivity contribution in [1.29, 1.82) is 0 Å². The van der Waals surface area contributed by atoms with Gasteiger partial charge in [0, 0.05) is 35.7 Å². The molecule has 12 nitrogen and oxygen atoms in total. The van der Waals surface area contributed by atoms with Crippen molar-refractivity contribution < 1.29 is 43.9 Å². The Labute approximate surface area is 236 Å². The summed E-state index contributed by atoms with van der Waals surface area (Å²) in [5, 5.41) is 40.8. The molecule has 3 heterocycles. The Bertz CT molecular complexity index is 1380. The summed E-state index contributed by atoms with van der Waals surface area (Å²) in [4.78, 5) is 41.0. The fourth-order valence-corrected chi connectivity index (χ4v) is 4.49. The third kappa shape index (κ3) is 6.93. The highest BCUT2D eigenvalue weighted by molar-refractivity contribution is 6.34. The first kappa shape index (κ1) is 31.3. The number of nitrogens with one attached hydrogen (secondary N) is 3. The highest BCUT2D eigenvalue weighted by Crippen LogP contribution is 2.34. The number of aliphatic hydroxyl groups is 4. The average Bonchev–Trinajstić information content (AvgIpc) is 3.51. The number of anilines is 1. The number of likely N-dealkylation sites (N-methyl/N-ethyl adjacent to an activating group) is 1. The van der Waals surface area contributed by atoms with Crippen molar-refractivity contribution in [1.82, 2.24) is 15.2 Å². The van der Waals surface area contributed by atoms with Crippen molar-refractivity contribution in [3.63, 3.8) is 0 Å². The molecule has 13 heteroatoms. The van der Waals surface area contributed by atoms with Gasteiger partial charge in [0.05, 0.1) is 17.7 Å². The second-order valence-corrected chi connectivity index (χ2v) is 9.46. The SMILES string of the molecule is CCN(CC)CCNC(=O)c1c(C)[nH]c(/C=C2\C(=O)Nc3ccc(F)cc32)c1C.O=C1O[C@H]([C@@H](O)CO)C(O)=C1O. The van der Waals surface area contributed by atoms with E-state index in [4.69, 9.17) is 20.4 Å². The number of carbonyl (C=O) groups excluding carboxylic acids is 3. The molecule has 2 aliphatic heterocycles. The monoisotopic (exact) mass is 574 g/mol. The van der Waals surface area contributed by atoms with Crippen LogP contribution in [0.4, 0.5) is 10.1 Å². The smallest absolute Gasteiger partial charge is 0.377 e. The number of ether oxygens (including phenoxy) is 1. The Morgan fingerprint density at radius 1 is 1.22 bits per heavy atom. The van der Waals surface area contributed by atoms with Crippen LogP contribution in [0, 0.1) is 19.7 Å². The van der Waals surface area contributed by atoms with Gasteiger partial charge in [-0.05, 0) is 56.8 Å². The van der Waals surface area contributed by atoms with Crippen molar-refractivity contribution in [3.8, 4) is 0 Å². The largest absolute Gasteiger partial charge is 0.505 e. The number of aromatic amines is 1. The fraction of sp³-hybridized carbons (Fsp3) is 0.393. The number of H-pyrrole nitrogens is 1. The number of esters is 1. The maximum atomic E-state index is 13.7. The van der Waals surface area contributed by atoms with Crippen molar-refractivity contribution in [3.05, 3.63) is 63.6 Å². The van der Waals surface area contributed by atoms with E-state index in [1.807, 2.05) is 13.8 Å². The second-order valence-electron chi connectivity index (χ2n) is 9.46. The normalized spacial score (nSPS) is 17.8. The summed E-state index contributed by atoms with van der Waals surface area (Å²) in [5.41, 5.74) is 4.20. The van der Waals surface area contributed by atoms with Crippen LogP contribution in [0.1, 0.15) is 46.7 Å². The first-order valence-electron chi connectivity index (χ1n) is 13.1. The molecule has 1 aromatic carbocycles. The Balaban J connectivity index is 0.000000322. The third-order valence-corrected chi connectivity index (χ3v) is 6.84. The maximum Gasteiger partial charge on any atom is 0.377 e. The Hall–Kier alpha value is -4.20. The molecule has 2 atom stereocenters. The van der Waals surface area contributed by atoms with Crippen molar-refractivity contribution in [2.45, 2.75) is 39.9 Å². The minimum Gasteiger partial charge on any atom is -0.505 e. The molecule has 0 spiro atoms. The molecule has 222 valence electrons. The first-order chi connectivity index (χ1) is 19.4. The van der Waals surface area contributed by atoms with Gasteiger partial charge in [-0.15, -0.1) is 0 Å². The maximum absolute atomic E-state index is 13.7. The molecule has 0 saturated heterocycles. The van der Waals surface area contributed by atoms with E-state index in [0.29, 0.717) is 34.6 Å². The predicted molar refractivity (Wildman–Crippen MR) is 149 cm³/mol. The van der Waals surface area contributed by atoms with Crippen LogP contribution in [0.2, 0.25) is 0 Å². The third-order valence-electron chi connectivity index (χ3n) is 6.84. The van der Waals surface area contributed by atoms with Crippen LogP contribution in [0.25, 0.3) is 11.6 Å². The minimum absolute atomic E-state index is 0.143. The van der Waals surface area contributed by atoms with Gasteiger partial charge in [0.1, 0.15) is 11.9 Å². The molecule has 0 bridgehead atoms. The molecule has 2 aliphatic rings. The summed E-state index contributed by atoms with van der Waals surface area (Å²) in [5.74, 6) is -3.62. The number of aliphatic hydroxyl groups excluding tert-OH is 4.